The molecule has 20 heavy (non-hydrogen) atoms. The van der Waals surface area contributed by atoms with Crippen molar-refractivity contribution in [2.24, 2.45) is 4.99 Å². The fourth-order valence-corrected chi connectivity index (χ4v) is 3.30. The van der Waals surface area contributed by atoms with Crippen LogP contribution in [-0.4, -0.2) is 23.2 Å². The molecular formula is C17H18N2S. The normalized spacial score (nSPS) is 12.9. The second-order valence-electron chi connectivity index (χ2n) is 4.78. The standard InChI is InChI=1S/C17H18N2S/c1-2-19(13-20-15-9-4-3-5-10-15)17-12-14-8-6-7-11-16(14)18-17/h3-11H,2,12-13H2,1H3. The van der Waals surface area contributed by atoms with Gasteiger partial charge in [-0.15, -0.1) is 11.8 Å². The van der Waals surface area contributed by atoms with E-state index in [1.807, 2.05) is 11.8 Å². The molecule has 0 N–H and O–H groups in total. The molecule has 102 valence electrons. The van der Waals surface area contributed by atoms with Crippen LogP contribution in [-0.2, 0) is 6.42 Å². The Kier molecular flexibility index (Phi) is 4.07. The van der Waals surface area contributed by atoms with E-state index in [2.05, 4.69) is 66.4 Å². The van der Waals surface area contributed by atoms with Gasteiger partial charge in [0.25, 0.3) is 0 Å². The third kappa shape index (κ3) is 2.88. The fourth-order valence-electron chi connectivity index (χ4n) is 2.32. The number of hydrogen-bond donors (Lipinski definition) is 0. The molecule has 0 aliphatic carbocycles. The van der Waals surface area contributed by atoms with Crippen LogP contribution < -0.4 is 0 Å². The number of nitrogens with zero attached hydrogens (tertiary/aromatic N) is 2. The van der Waals surface area contributed by atoms with Crippen molar-refractivity contribution in [1.82, 2.24) is 4.90 Å². The number of amidine groups is 1. The van der Waals surface area contributed by atoms with Gasteiger partial charge in [0.05, 0.1) is 11.6 Å². The fraction of sp³-hybridized carbons (Fsp3) is 0.235. The zero-order valence-corrected chi connectivity index (χ0v) is 12.4. The lowest BCUT2D eigenvalue weighted by molar-refractivity contribution is 0.510. The van der Waals surface area contributed by atoms with Gasteiger partial charge in [-0.1, -0.05) is 36.4 Å². The maximum absolute atomic E-state index is 4.76. The third-order valence-electron chi connectivity index (χ3n) is 3.47. The zero-order chi connectivity index (χ0) is 13.8. The number of aliphatic imine (C=N–C) groups is 1. The van der Waals surface area contributed by atoms with E-state index in [1.165, 1.54) is 16.3 Å². The first-order valence-electron chi connectivity index (χ1n) is 6.95. The number of likely N-dealkylation sites (N-methyl/N-ethyl adjacent to an activating group) is 1. The lowest BCUT2D eigenvalue weighted by atomic mass is 10.1. The first kappa shape index (κ1) is 13.3. The Bertz CT molecular complexity index is 607. The second kappa shape index (κ2) is 6.14. The van der Waals surface area contributed by atoms with E-state index in [4.69, 9.17) is 4.99 Å². The van der Waals surface area contributed by atoms with Crippen molar-refractivity contribution in [3.8, 4) is 0 Å². The summed E-state index contributed by atoms with van der Waals surface area (Å²) in [6, 6.07) is 19.0. The van der Waals surface area contributed by atoms with Crippen LogP contribution in [0.25, 0.3) is 0 Å². The van der Waals surface area contributed by atoms with Gasteiger partial charge >= 0.3 is 0 Å². The molecule has 0 unspecified atom stereocenters. The van der Waals surface area contributed by atoms with Gasteiger partial charge in [0.15, 0.2) is 0 Å². The summed E-state index contributed by atoms with van der Waals surface area (Å²) in [5, 5.41) is 0. The molecule has 1 aliphatic rings. The van der Waals surface area contributed by atoms with E-state index < -0.39 is 0 Å². The van der Waals surface area contributed by atoms with E-state index in [1.54, 1.807) is 0 Å². The minimum absolute atomic E-state index is 0.952. The Labute approximate surface area is 124 Å². The highest BCUT2D eigenvalue weighted by Crippen LogP contribution is 2.28. The van der Waals surface area contributed by atoms with Gasteiger partial charge in [0.1, 0.15) is 5.84 Å². The van der Waals surface area contributed by atoms with Crippen molar-refractivity contribution in [2.75, 3.05) is 12.4 Å². The molecule has 0 atom stereocenters. The Morgan fingerprint density at radius 3 is 2.55 bits per heavy atom. The Morgan fingerprint density at radius 2 is 1.80 bits per heavy atom. The van der Waals surface area contributed by atoms with Gasteiger partial charge in [-0.25, -0.2) is 4.99 Å². The molecule has 0 aromatic heterocycles. The van der Waals surface area contributed by atoms with Crippen LogP contribution in [0, 0.1) is 0 Å². The number of para-hydroxylation sites is 1. The molecule has 0 saturated heterocycles. The van der Waals surface area contributed by atoms with E-state index in [0.29, 0.717) is 0 Å². The summed E-state index contributed by atoms with van der Waals surface area (Å²) in [7, 11) is 0. The van der Waals surface area contributed by atoms with E-state index >= 15 is 0 Å². The summed E-state index contributed by atoms with van der Waals surface area (Å²) in [6.45, 7) is 3.18. The number of rotatable bonds is 4. The van der Waals surface area contributed by atoms with E-state index in [-0.39, 0.29) is 0 Å². The van der Waals surface area contributed by atoms with Crippen molar-refractivity contribution < 1.29 is 0 Å². The number of benzene rings is 2. The first-order chi connectivity index (χ1) is 9.86. The third-order valence-corrected chi connectivity index (χ3v) is 4.51. The van der Waals surface area contributed by atoms with E-state index in [0.717, 1.165) is 24.5 Å². The van der Waals surface area contributed by atoms with Gasteiger partial charge in [-0.3, -0.25) is 0 Å². The van der Waals surface area contributed by atoms with Crippen LogP contribution in [0.15, 0.2) is 64.5 Å². The lowest BCUT2D eigenvalue weighted by Gasteiger charge is -2.22. The summed E-state index contributed by atoms with van der Waals surface area (Å²) in [4.78, 5) is 8.43. The lowest BCUT2D eigenvalue weighted by Crippen LogP contribution is -2.30. The zero-order valence-electron chi connectivity index (χ0n) is 11.6. The largest absolute Gasteiger partial charge is 0.350 e. The van der Waals surface area contributed by atoms with Crippen molar-refractivity contribution in [3.63, 3.8) is 0 Å². The molecule has 3 heteroatoms. The van der Waals surface area contributed by atoms with Crippen molar-refractivity contribution in [1.29, 1.82) is 0 Å². The van der Waals surface area contributed by atoms with Gasteiger partial charge in [-0.2, -0.15) is 0 Å². The molecule has 1 heterocycles. The molecule has 0 radical (unpaired) electrons. The number of thioether (sulfide) groups is 1. The van der Waals surface area contributed by atoms with Crippen LogP contribution in [0.4, 0.5) is 5.69 Å². The first-order valence-corrected chi connectivity index (χ1v) is 7.93. The molecule has 0 amide bonds. The molecule has 2 nitrogen and oxygen atoms in total. The summed E-state index contributed by atoms with van der Waals surface area (Å²) < 4.78 is 0. The molecule has 2 aromatic rings. The molecule has 2 aromatic carbocycles. The highest BCUT2D eigenvalue weighted by Gasteiger charge is 2.18. The minimum Gasteiger partial charge on any atom is -0.350 e. The molecule has 0 saturated carbocycles. The van der Waals surface area contributed by atoms with Crippen LogP contribution in [0.1, 0.15) is 12.5 Å². The predicted octanol–water partition coefficient (Wildman–Crippen LogP) is 4.34. The molecule has 0 bridgehead atoms. The molecule has 3 rings (SSSR count). The predicted molar refractivity (Wildman–Crippen MR) is 86.8 cm³/mol. The second-order valence-corrected chi connectivity index (χ2v) is 5.79. The summed E-state index contributed by atoms with van der Waals surface area (Å²) in [5.74, 6) is 2.14. The molecule has 0 spiro atoms. The van der Waals surface area contributed by atoms with Crippen molar-refractivity contribution >= 4 is 23.3 Å². The Morgan fingerprint density at radius 1 is 1.05 bits per heavy atom. The topological polar surface area (TPSA) is 15.6 Å². The molecular weight excluding hydrogens is 264 g/mol. The van der Waals surface area contributed by atoms with Crippen molar-refractivity contribution in [2.45, 2.75) is 18.2 Å². The smallest absolute Gasteiger partial charge is 0.110 e. The Balaban J connectivity index is 1.67. The maximum Gasteiger partial charge on any atom is 0.110 e. The van der Waals surface area contributed by atoms with Crippen LogP contribution in [0.3, 0.4) is 0 Å². The quantitative estimate of drug-likeness (QED) is 0.612. The Hall–Kier alpha value is -1.74. The molecule has 0 fully saturated rings. The van der Waals surface area contributed by atoms with Gasteiger partial charge < -0.3 is 4.90 Å². The average Bonchev–Trinajstić information content (AvgIpc) is 2.92. The molecule has 1 aliphatic heterocycles. The number of fused-ring (bicyclic) bond motifs is 1. The maximum atomic E-state index is 4.76. The minimum atomic E-state index is 0.952. The van der Waals surface area contributed by atoms with E-state index in [9.17, 15) is 0 Å². The van der Waals surface area contributed by atoms with Crippen LogP contribution in [0.2, 0.25) is 0 Å². The number of hydrogen-bond acceptors (Lipinski definition) is 3. The SMILES string of the molecule is CCN(CSc1ccccc1)C1=Nc2ccccc2C1. The highest BCUT2D eigenvalue weighted by molar-refractivity contribution is 7.99. The van der Waals surface area contributed by atoms with Crippen LogP contribution >= 0.6 is 11.8 Å². The van der Waals surface area contributed by atoms with Crippen LogP contribution in [0.5, 0.6) is 0 Å². The summed E-state index contributed by atoms with van der Waals surface area (Å²) in [5.41, 5.74) is 2.47. The van der Waals surface area contributed by atoms with Gasteiger partial charge in [0, 0.05) is 17.9 Å². The monoisotopic (exact) mass is 282 g/mol. The van der Waals surface area contributed by atoms with Gasteiger partial charge in [-0.05, 0) is 30.7 Å². The summed E-state index contributed by atoms with van der Waals surface area (Å²) >= 11 is 1.86. The summed E-state index contributed by atoms with van der Waals surface area (Å²) in [6.07, 6.45) is 0.958. The average molecular weight is 282 g/mol. The van der Waals surface area contributed by atoms with Gasteiger partial charge in [0.2, 0.25) is 0 Å². The highest BCUT2D eigenvalue weighted by atomic mass is 32.2. The van der Waals surface area contributed by atoms with Crippen molar-refractivity contribution in [3.05, 3.63) is 60.2 Å².